The Labute approximate surface area is 315 Å². The van der Waals surface area contributed by atoms with Crippen molar-refractivity contribution in [1.82, 2.24) is 0 Å². The number of esters is 5. The Balaban J connectivity index is 1.45. The van der Waals surface area contributed by atoms with Gasteiger partial charge < -0.3 is 57.6 Å². The Kier molecular flexibility index (Phi) is 7.04. The van der Waals surface area contributed by atoms with E-state index in [4.69, 9.17) is 42.3 Å². The highest BCUT2D eigenvalue weighted by molar-refractivity contribution is 5.85. The van der Waals surface area contributed by atoms with E-state index in [1.54, 1.807) is 34.6 Å². The molecule has 8 aliphatic rings. The first-order valence-electron chi connectivity index (χ1n) is 18.7. The summed E-state index contributed by atoms with van der Waals surface area (Å²) in [5.74, 6) is -8.23. The molecule has 3 aliphatic heterocycles. The molecule has 17 nitrogen and oxygen atoms in total. The van der Waals surface area contributed by atoms with Crippen molar-refractivity contribution in [2.45, 2.75) is 139 Å². The monoisotopic (exact) mass is 774 g/mol. The molecule has 0 amide bonds. The van der Waals surface area contributed by atoms with Crippen LogP contribution in [0.3, 0.4) is 0 Å². The highest BCUT2D eigenvalue weighted by Crippen LogP contribution is 2.95. The van der Waals surface area contributed by atoms with Crippen LogP contribution in [0.15, 0.2) is 23.0 Å². The number of hydrogen-bond acceptors (Lipinski definition) is 17. The summed E-state index contributed by atoms with van der Waals surface area (Å²) >= 11 is 0. The summed E-state index contributed by atoms with van der Waals surface area (Å²) in [6, 6.07) is 1.54. The lowest BCUT2D eigenvalue weighted by atomic mass is 9.33. The second kappa shape index (κ2) is 10.5. The normalized spacial score (nSPS) is 52.8. The van der Waals surface area contributed by atoms with Crippen LogP contribution < -0.4 is 0 Å². The third-order valence-electron chi connectivity index (χ3n) is 15.4. The molecule has 0 aromatic carbocycles. The standard InChI is InChI=1S/C38H46O17/c1-9-35-53-29-36(46)28(44)30(6)14-34(36,45)31(7,20(30)12-21(41)47-8)37(54-35)24(50-18(5)40)23(49-17(4)39)32-15-33(32,38(29,37)55-35)25(52-26(42)16(2)3)27(43)51-22(32)19-10-11-48-13-19/h10-11,13,16,20,22-25,28-29,44-46H,9,12,14-15H2,1-8H3/t20-,22-,23-,24+,25-,28-,29+,30-,31+,32+,33+,34+,35?,36-,37-,38-/m0/s1. The Bertz CT molecular complexity index is 1930. The number of carbonyl (C=O) groups excluding carboxylic acids is 5. The van der Waals surface area contributed by atoms with Gasteiger partial charge in [0, 0.05) is 43.1 Å². The highest BCUT2D eigenvalue weighted by atomic mass is 17.0. The summed E-state index contributed by atoms with van der Waals surface area (Å²) in [4.78, 5) is 68.7. The van der Waals surface area contributed by atoms with Crippen molar-refractivity contribution in [1.29, 1.82) is 0 Å². The summed E-state index contributed by atoms with van der Waals surface area (Å²) in [5.41, 5.74) is -16.4. The van der Waals surface area contributed by atoms with Gasteiger partial charge in [-0.1, -0.05) is 34.6 Å². The van der Waals surface area contributed by atoms with Crippen molar-refractivity contribution in [2.24, 2.45) is 33.5 Å². The van der Waals surface area contributed by atoms with E-state index < -0.39 is 135 Å². The van der Waals surface area contributed by atoms with Crippen LogP contribution in [0.5, 0.6) is 0 Å². The maximum atomic E-state index is 14.7. The number of cyclic esters (lactones) is 1. The van der Waals surface area contributed by atoms with Gasteiger partial charge in [-0.2, -0.15) is 0 Å². The van der Waals surface area contributed by atoms with Crippen LogP contribution in [-0.2, 0) is 61.9 Å². The maximum absolute atomic E-state index is 14.7. The van der Waals surface area contributed by atoms with Gasteiger partial charge in [0.2, 0.25) is 6.10 Å². The van der Waals surface area contributed by atoms with Crippen LogP contribution in [0.1, 0.15) is 85.8 Å². The topological polar surface area (TPSA) is 233 Å². The molecule has 16 atom stereocenters. The lowest BCUT2D eigenvalue weighted by Crippen LogP contribution is -2.97. The van der Waals surface area contributed by atoms with Gasteiger partial charge in [-0.05, 0) is 24.8 Å². The van der Waals surface area contributed by atoms with Gasteiger partial charge in [0.25, 0.3) is 5.97 Å². The zero-order valence-electron chi connectivity index (χ0n) is 31.7. The minimum atomic E-state index is -2.62. The van der Waals surface area contributed by atoms with Gasteiger partial charge in [-0.3, -0.25) is 19.2 Å². The zero-order chi connectivity index (χ0) is 39.9. The molecular weight excluding hydrogens is 728 g/mol. The predicted molar refractivity (Wildman–Crippen MR) is 175 cm³/mol. The molecule has 0 radical (unpaired) electrons. The molecule has 9 rings (SSSR count). The predicted octanol–water partition coefficient (Wildman–Crippen LogP) is 1.13. The number of rotatable bonds is 8. The number of methoxy groups -OCH3 is 1. The first kappa shape index (κ1) is 37.0. The Morgan fingerprint density at radius 3 is 2.22 bits per heavy atom. The molecule has 3 saturated heterocycles. The molecule has 1 spiro atoms. The fourth-order valence-electron chi connectivity index (χ4n) is 13.6. The summed E-state index contributed by atoms with van der Waals surface area (Å²) in [6.45, 7) is 10.3. The van der Waals surface area contributed by atoms with Crippen molar-refractivity contribution < 1.29 is 81.6 Å². The molecule has 5 aliphatic carbocycles. The summed E-state index contributed by atoms with van der Waals surface area (Å²) < 4.78 is 56.5. The summed E-state index contributed by atoms with van der Waals surface area (Å²) in [6.07, 6.45) is -8.45. The number of aliphatic hydroxyl groups is 3. The summed E-state index contributed by atoms with van der Waals surface area (Å²) in [5, 5.41) is 39.3. The molecule has 5 saturated carbocycles. The average molecular weight is 775 g/mol. The van der Waals surface area contributed by atoms with Crippen molar-refractivity contribution >= 4 is 29.8 Å². The second-order valence-electron chi connectivity index (χ2n) is 17.6. The SMILES string of the molecule is CCC12O[C@@H]3[C@@]4(O)[C@@H](O)[C@@]5(C)C[C@@]4(O)[C@@](C)([C@H]5CC(=O)OC)[C@@]4(O1)[C@H](OC(C)=O)[C@H](OC(C)=O)[C@]15C[C@]1([C@@H](OC(=O)C(C)C)C(=O)O[C@H]5c1ccoc1)[C@@]34O2. The largest absolute Gasteiger partial charge is 0.472 e. The van der Waals surface area contributed by atoms with Gasteiger partial charge in [0.15, 0.2) is 17.8 Å². The minimum absolute atomic E-state index is 0.0905. The lowest BCUT2D eigenvalue weighted by molar-refractivity contribution is -0.473. The fourth-order valence-corrected chi connectivity index (χ4v) is 13.6. The third-order valence-corrected chi connectivity index (χ3v) is 15.4. The van der Waals surface area contributed by atoms with Crippen molar-refractivity contribution in [2.75, 3.05) is 7.11 Å². The van der Waals surface area contributed by atoms with Crippen LogP contribution in [0.2, 0.25) is 0 Å². The Morgan fingerprint density at radius 2 is 1.64 bits per heavy atom. The van der Waals surface area contributed by atoms with Gasteiger partial charge >= 0.3 is 29.8 Å². The number of fused-ring (bicyclic) bond motifs is 3. The number of aliphatic hydroxyl groups excluding tert-OH is 1. The first-order chi connectivity index (χ1) is 25.7. The molecular formula is C38H46O17. The van der Waals surface area contributed by atoms with Crippen molar-refractivity contribution in [3.63, 3.8) is 0 Å². The van der Waals surface area contributed by atoms with Crippen molar-refractivity contribution in [3.8, 4) is 0 Å². The van der Waals surface area contributed by atoms with Gasteiger partial charge in [0.05, 0.1) is 42.5 Å². The van der Waals surface area contributed by atoms with Gasteiger partial charge in [-0.15, -0.1) is 0 Å². The minimum Gasteiger partial charge on any atom is -0.472 e. The van der Waals surface area contributed by atoms with Crippen LogP contribution in [0.25, 0.3) is 0 Å². The third kappa shape index (κ3) is 3.43. The molecule has 1 aromatic rings. The quantitative estimate of drug-likeness (QED) is 0.248. The van der Waals surface area contributed by atoms with Crippen LogP contribution in [0, 0.1) is 33.5 Å². The molecule has 3 N–H and O–H groups in total. The van der Waals surface area contributed by atoms with E-state index in [0.717, 1.165) is 13.8 Å². The smallest absolute Gasteiger partial charge is 0.348 e. The van der Waals surface area contributed by atoms with E-state index in [1.165, 1.54) is 25.7 Å². The number of hydrogen-bond donors (Lipinski definition) is 3. The number of furan rings is 1. The van der Waals surface area contributed by atoms with Gasteiger partial charge in [-0.25, -0.2) is 4.79 Å². The van der Waals surface area contributed by atoms with Crippen LogP contribution in [-0.4, -0.2) is 111 Å². The van der Waals surface area contributed by atoms with E-state index >= 15 is 0 Å². The van der Waals surface area contributed by atoms with E-state index in [0.29, 0.717) is 5.56 Å². The van der Waals surface area contributed by atoms with E-state index in [-0.39, 0.29) is 19.3 Å². The first-order valence-corrected chi connectivity index (χ1v) is 18.7. The maximum Gasteiger partial charge on any atom is 0.348 e. The van der Waals surface area contributed by atoms with E-state index in [9.17, 15) is 39.3 Å². The lowest BCUT2D eigenvalue weighted by Gasteiger charge is -2.77. The molecule has 4 bridgehead atoms. The Hall–Kier alpha value is -3.61. The fraction of sp³-hybridized carbons (Fsp3) is 0.763. The van der Waals surface area contributed by atoms with Crippen LogP contribution >= 0.6 is 0 Å². The summed E-state index contributed by atoms with van der Waals surface area (Å²) in [7, 11) is 1.18. The molecule has 1 unspecified atom stereocenters. The molecule has 8 fully saturated rings. The van der Waals surface area contributed by atoms with Crippen molar-refractivity contribution in [3.05, 3.63) is 24.2 Å². The van der Waals surface area contributed by atoms with Gasteiger partial charge in [0.1, 0.15) is 29.0 Å². The van der Waals surface area contributed by atoms with E-state index in [2.05, 4.69) is 0 Å². The Morgan fingerprint density at radius 1 is 0.982 bits per heavy atom. The average Bonchev–Trinajstić information content (AvgIpc) is 3.51. The molecule has 55 heavy (non-hydrogen) atoms. The highest BCUT2D eigenvalue weighted by Gasteiger charge is 3.11. The molecule has 1 aromatic heterocycles. The number of carbonyl (C=O) groups is 5. The zero-order valence-corrected chi connectivity index (χ0v) is 31.7. The van der Waals surface area contributed by atoms with E-state index in [1.807, 2.05) is 0 Å². The number of ether oxygens (including phenoxy) is 8. The molecule has 300 valence electrons. The molecule has 17 heteroatoms. The van der Waals surface area contributed by atoms with Crippen LogP contribution in [0.4, 0.5) is 0 Å². The molecule has 4 heterocycles. The second-order valence-corrected chi connectivity index (χ2v) is 17.6.